The van der Waals surface area contributed by atoms with Crippen LogP contribution in [0.5, 0.6) is 0 Å². The van der Waals surface area contributed by atoms with Crippen molar-refractivity contribution in [1.29, 1.82) is 0 Å². The topological polar surface area (TPSA) is 9.86 Å². The fraction of sp³-hybridized carbons (Fsp3) is 0.234. The second-order valence-electron chi connectivity index (χ2n) is 15.8. The molecule has 0 N–H and O–H groups in total. The van der Waals surface area contributed by atoms with Crippen LogP contribution in [0.3, 0.4) is 0 Å². The zero-order valence-corrected chi connectivity index (χ0v) is 29.8. The van der Waals surface area contributed by atoms with Crippen LogP contribution in [0.4, 0.5) is 0 Å². The van der Waals surface area contributed by atoms with Crippen LogP contribution in [0.25, 0.3) is 66.1 Å². The Labute approximate surface area is 288 Å². The van der Waals surface area contributed by atoms with Crippen molar-refractivity contribution in [2.45, 2.75) is 71.6 Å². The van der Waals surface area contributed by atoms with E-state index in [1.165, 1.54) is 99.5 Å². The van der Waals surface area contributed by atoms with Gasteiger partial charge in [0.1, 0.15) is 0 Å². The van der Waals surface area contributed by atoms with Gasteiger partial charge in [0.25, 0.3) is 0 Å². The Balaban J connectivity index is 0.00000150. The molecule has 49 heavy (non-hydrogen) atoms. The lowest BCUT2D eigenvalue weighted by atomic mass is 9.72. The quantitative estimate of drug-likeness (QED) is 0.157. The molecule has 0 saturated heterocycles. The summed E-state index contributed by atoms with van der Waals surface area (Å²) in [5, 5.41) is 5.55. The lowest BCUT2D eigenvalue weighted by Crippen LogP contribution is -2.27. The molecule has 0 atom stereocenters. The van der Waals surface area contributed by atoms with Gasteiger partial charge in [0, 0.05) is 37.8 Å². The average Bonchev–Trinajstić information content (AvgIpc) is 3.71. The predicted molar refractivity (Wildman–Crippen MR) is 208 cm³/mol. The van der Waals surface area contributed by atoms with Gasteiger partial charge >= 0.3 is 0 Å². The molecule has 2 heteroatoms. The number of nitrogens with zero attached hydrogens (tertiary/aromatic N) is 2. The monoisotopic (exact) mass is 634 g/mol. The Hall–Kier alpha value is -5.08. The molecule has 2 nitrogen and oxygen atoms in total. The maximum atomic E-state index is 2.60. The minimum Gasteiger partial charge on any atom is -0.309 e. The third-order valence-electron chi connectivity index (χ3n) is 12.4. The highest BCUT2D eigenvalue weighted by molar-refractivity contribution is 6.21. The van der Waals surface area contributed by atoms with E-state index in [1.54, 1.807) is 0 Å². The van der Waals surface area contributed by atoms with Gasteiger partial charge in [0.2, 0.25) is 0 Å². The molecule has 1 aliphatic carbocycles. The first kappa shape index (κ1) is 28.9. The maximum Gasteiger partial charge on any atom is 0.0585 e. The first-order valence-corrected chi connectivity index (χ1v) is 18.1. The molecule has 6 aromatic carbocycles. The summed E-state index contributed by atoms with van der Waals surface area (Å²) in [6.45, 7) is 18.7. The molecule has 0 radical (unpaired) electrons. The Morgan fingerprint density at radius 1 is 0.408 bits per heavy atom. The highest BCUT2D eigenvalue weighted by Gasteiger charge is 2.46. The summed E-state index contributed by atoms with van der Waals surface area (Å²) in [7, 11) is 0. The second kappa shape index (κ2) is 9.12. The van der Waals surface area contributed by atoms with Gasteiger partial charge in [-0.1, -0.05) is 128 Å². The van der Waals surface area contributed by atoms with Gasteiger partial charge < -0.3 is 9.13 Å². The molecule has 240 valence electrons. The molecule has 4 heterocycles. The summed E-state index contributed by atoms with van der Waals surface area (Å²) in [5.74, 6) is 0. The van der Waals surface area contributed by atoms with E-state index in [2.05, 4.69) is 160 Å². The zero-order valence-electron chi connectivity index (χ0n) is 29.8. The zero-order chi connectivity index (χ0) is 33.8. The number of hydrogen-bond acceptors (Lipinski definition) is 0. The van der Waals surface area contributed by atoms with Crippen LogP contribution in [-0.2, 0) is 16.2 Å². The fourth-order valence-electron chi connectivity index (χ4n) is 10.3. The number of hydrogen-bond donors (Lipinski definition) is 0. The molecule has 11 rings (SSSR count). The number of fused-ring (bicyclic) bond motifs is 15. The molecule has 0 amide bonds. The van der Waals surface area contributed by atoms with E-state index in [4.69, 9.17) is 0 Å². The second-order valence-corrected chi connectivity index (χ2v) is 15.8. The first-order chi connectivity index (χ1) is 23.6. The Bertz CT molecular complexity index is 2570. The van der Waals surface area contributed by atoms with Crippen LogP contribution in [-0.4, -0.2) is 9.13 Å². The highest BCUT2D eigenvalue weighted by atomic mass is 15.0. The van der Waals surface area contributed by atoms with Gasteiger partial charge in [-0.2, -0.15) is 0 Å². The minimum atomic E-state index is -0.214. The smallest absolute Gasteiger partial charge is 0.0585 e. The Kier molecular flexibility index (Phi) is 5.38. The summed E-state index contributed by atoms with van der Waals surface area (Å²) in [6, 6.07) is 41.5. The van der Waals surface area contributed by atoms with Crippen molar-refractivity contribution in [2.24, 2.45) is 0 Å². The van der Waals surface area contributed by atoms with Gasteiger partial charge in [-0.25, -0.2) is 0 Å². The van der Waals surface area contributed by atoms with Gasteiger partial charge in [-0.15, -0.1) is 0 Å². The molecule has 0 bridgehead atoms. The van der Waals surface area contributed by atoms with Crippen molar-refractivity contribution in [1.82, 2.24) is 9.13 Å². The summed E-state index contributed by atoms with van der Waals surface area (Å²) in [5.41, 5.74) is 18.8. The Morgan fingerprint density at radius 3 is 1.20 bits per heavy atom. The largest absolute Gasteiger partial charge is 0.309 e. The fourth-order valence-corrected chi connectivity index (χ4v) is 10.3. The maximum absolute atomic E-state index is 2.60. The van der Waals surface area contributed by atoms with Crippen LogP contribution in [0.1, 0.15) is 88.8 Å². The number of benzene rings is 6. The summed E-state index contributed by atoms with van der Waals surface area (Å²) in [6.07, 6.45) is 0. The Morgan fingerprint density at radius 2 is 0.776 bits per heavy atom. The molecule has 0 spiro atoms. The molecule has 0 unspecified atom stereocenters. The van der Waals surface area contributed by atoms with E-state index in [0.29, 0.717) is 0 Å². The van der Waals surface area contributed by atoms with Crippen LogP contribution >= 0.6 is 0 Å². The van der Waals surface area contributed by atoms with E-state index in [-0.39, 0.29) is 16.2 Å². The predicted octanol–water partition coefficient (Wildman–Crippen LogP) is 12.5. The van der Waals surface area contributed by atoms with Crippen molar-refractivity contribution < 1.29 is 0 Å². The number of para-hydroxylation sites is 4. The lowest BCUT2D eigenvalue weighted by Gasteiger charge is -2.36. The molecular weight excluding hydrogens is 593 g/mol. The van der Waals surface area contributed by atoms with Gasteiger partial charge in [-0.3, -0.25) is 0 Å². The molecule has 2 aliphatic heterocycles. The van der Waals surface area contributed by atoms with E-state index < -0.39 is 0 Å². The van der Waals surface area contributed by atoms with Crippen molar-refractivity contribution in [3.8, 4) is 22.5 Å². The highest BCUT2D eigenvalue weighted by Crippen LogP contribution is 2.61. The van der Waals surface area contributed by atoms with Crippen molar-refractivity contribution in [2.75, 3.05) is 0 Å². The van der Waals surface area contributed by atoms with Crippen molar-refractivity contribution >= 4 is 43.6 Å². The molecule has 8 aromatic rings. The van der Waals surface area contributed by atoms with E-state index in [0.717, 1.165) is 0 Å². The number of aromatic nitrogens is 2. The van der Waals surface area contributed by atoms with Crippen molar-refractivity contribution in [3.63, 3.8) is 0 Å². The van der Waals surface area contributed by atoms with Crippen LogP contribution in [0, 0.1) is 0 Å². The lowest BCUT2D eigenvalue weighted by molar-refractivity contribution is 0.627. The van der Waals surface area contributed by atoms with Crippen molar-refractivity contribution in [3.05, 3.63) is 143 Å². The van der Waals surface area contributed by atoms with Crippen LogP contribution in [0.2, 0.25) is 0 Å². The van der Waals surface area contributed by atoms with Crippen LogP contribution in [0.15, 0.2) is 109 Å². The molecule has 3 aliphatic rings. The van der Waals surface area contributed by atoms with E-state index in [1.807, 2.05) is 13.8 Å². The summed E-state index contributed by atoms with van der Waals surface area (Å²) < 4.78 is 5.14. The normalized spacial score (nSPS) is 16.7. The molecular formula is C47H42N2. The molecule has 2 aromatic heterocycles. The molecule has 0 fully saturated rings. The third kappa shape index (κ3) is 3.16. The van der Waals surface area contributed by atoms with E-state index in [9.17, 15) is 0 Å². The van der Waals surface area contributed by atoms with Gasteiger partial charge in [0.05, 0.1) is 33.4 Å². The van der Waals surface area contributed by atoms with Gasteiger partial charge in [-0.05, 0) is 80.9 Å². The number of rotatable bonds is 0. The molecule has 0 saturated carbocycles. The average molecular weight is 635 g/mol. The third-order valence-corrected chi connectivity index (χ3v) is 12.4. The first-order valence-electron chi connectivity index (χ1n) is 18.1. The van der Waals surface area contributed by atoms with Crippen LogP contribution < -0.4 is 0 Å². The summed E-state index contributed by atoms with van der Waals surface area (Å²) >= 11 is 0. The van der Waals surface area contributed by atoms with Gasteiger partial charge in [0.15, 0.2) is 0 Å². The standard InChI is InChI=1S/C45H36N2.C2H6/c1-43(2)29-17-9-13-21-35(29)46-33-19-11-7-15-25(33)37-39-27(23-31(43)41(37)46)28-24-32-42-38(40(28)45(39,5)6)26-16-8-12-20-34(26)47(42)36-22-14-10-18-30(36)44(32,3)4;1-2/h7-24H,1-6H3;1-2H3. The van der Waals surface area contributed by atoms with E-state index >= 15 is 0 Å². The summed E-state index contributed by atoms with van der Waals surface area (Å²) in [4.78, 5) is 0. The SMILES string of the molecule is CC.CC1(C)c2c(cc3c4c2c2ccccc2n4-c2ccccc2C3(C)C)-c2cc3c4c(c21)c1ccccc1n4-c1ccccc1C3(C)C. The minimum absolute atomic E-state index is 0.145.